The molecule has 1 N–H and O–H groups in total. The van der Waals surface area contributed by atoms with Crippen LogP contribution in [0.3, 0.4) is 0 Å². The van der Waals surface area contributed by atoms with Crippen molar-refractivity contribution < 1.29 is 17.2 Å². The lowest BCUT2D eigenvalue weighted by Crippen LogP contribution is -2.26. The third kappa shape index (κ3) is 3.89. The van der Waals surface area contributed by atoms with Crippen molar-refractivity contribution in [3.63, 3.8) is 0 Å². The summed E-state index contributed by atoms with van der Waals surface area (Å²) in [6.45, 7) is 4.43. The summed E-state index contributed by atoms with van der Waals surface area (Å²) in [7, 11) is -4.07. The van der Waals surface area contributed by atoms with E-state index in [1.165, 1.54) is 0 Å². The molecule has 0 fully saturated rings. The monoisotopic (exact) mass is 329 g/mol. The molecule has 0 aliphatic heterocycles. The fourth-order valence-corrected chi connectivity index (χ4v) is 3.26. The van der Waals surface area contributed by atoms with Crippen LogP contribution in [0.5, 0.6) is 0 Å². The van der Waals surface area contributed by atoms with Gasteiger partial charge in [0, 0.05) is 18.8 Å². The number of nitrogens with zero attached hydrogens (tertiary/aromatic N) is 2. The van der Waals surface area contributed by atoms with Gasteiger partial charge in [0.15, 0.2) is 0 Å². The van der Waals surface area contributed by atoms with Crippen LogP contribution in [0.1, 0.15) is 17.8 Å². The normalized spacial score (nSPS) is 11.8. The van der Waals surface area contributed by atoms with Gasteiger partial charge in [0.1, 0.15) is 16.5 Å². The highest BCUT2D eigenvalue weighted by Gasteiger charge is 2.19. The van der Waals surface area contributed by atoms with Crippen molar-refractivity contribution in [1.82, 2.24) is 14.5 Å². The van der Waals surface area contributed by atoms with Crippen LogP contribution in [0.25, 0.3) is 0 Å². The third-order valence-electron chi connectivity index (χ3n) is 3.12. The van der Waals surface area contributed by atoms with Gasteiger partial charge in [-0.2, -0.15) is 5.10 Å². The van der Waals surface area contributed by atoms with E-state index in [1.807, 2.05) is 19.9 Å². The zero-order valence-electron chi connectivity index (χ0n) is 12.3. The van der Waals surface area contributed by atoms with Crippen LogP contribution in [0.15, 0.2) is 29.2 Å². The lowest BCUT2D eigenvalue weighted by atomic mass is 10.3. The van der Waals surface area contributed by atoms with E-state index < -0.39 is 26.6 Å². The van der Waals surface area contributed by atoms with Crippen molar-refractivity contribution in [2.45, 2.75) is 31.7 Å². The summed E-state index contributed by atoms with van der Waals surface area (Å²) in [6.07, 6.45) is 0.484. The Balaban J connectivity index is 1.96. The molecule has 0 radical (unpaired) electrons. The quantitative estimate of drug-likeness (QED) is 0.826. The molecule has 0 bridgehead atoms. The number of nitrogens with one attached hydrogen (secondary N) is 1. The van der Waals surface area contributed by atoms with Crippen LogP contribution in [0, 0.1) is 25.5 Å². The van der Waals surface area contributed by atoms with E-state index in [2.05, 4.69) is 9.82 Å². The molecule has 0 saturated heterocycles. The molecule has 0 saturated carbocycles. The summed E-state index contributed by atoms with van der Waals surface area (Å²) in [5.41, 5.74) is 1.87. The maximum absolute atomic E-state index is 13.5. The summed E-state index contributed by atoms with van der Waals surface area (Å²) in [5.74, 6) is -1.78. The maximum atomic E-state index is 13.5. The number of benzene rings is 1. The van der Waals surface area contributed by atoms with Crippen molar-refractivity contribution >= 4 is 10.0 Å². The zero-order valence-corrected chi connectivity index (χ0v) is 13.1. The standard InChI is InChI=1S/C14H17F2N3O2S/c1-10-8-11(2)19(18-10)7-3-6-17-22(20,21)14-9-12(15)4-5-13(14)16/h4-5,8-9,17H,3,6-7H2,1-2H3. The zero-order chi connectivity index (χ0) is 16.3. The van der Waals surface area contributed by atoms with Gasteiger partial charge >= 0.3 is 0 Å². The van der Waals surface area contributed by atoms with E-state index in [0.29, 0.717) is 19.0 Å². The molecule has 5 nitrogen and oxygen atoms in total. The number of aromatic nitrogens is 2. The Morgan fingerprint density at radius 2 is 1.95 bits per heavy atom. The molecule has 1 aromatic carbocycles. The van der Waals surface area contributed by atoms with Gasteiger partial charge in [0.05, 0.1) is 5.69 Å². The minimum absolute atomic E-state index is 0.108. The Morgan fingerprint density at radius 1 is 1.23 bits per heavy atom. The molecule has 1 aromatic heterocycles. The molecule has 0 unspecified atom stereocenters. The van der Waals surface area contributed by atoms with E-state index in [9.17, 15) is 17.2 Å². The van der Waals surface area contributed by atoms with Crippen LogP contribution >= 0.6 is 0 Å². The average Bonchev–Trinajstić information content (AvgIpc) is 2.76. The first-order valence-electron chi connectivity index (χ1n) is 6.75. The second-order valence-corrected chi connectivity index (χ2v) is 6.71. The second kappa shape index (κ2) is 6.53. The van der Waals surface area contributed by atoms with Gasteiger partial charge in [0.25, 0.3) is 0 Å². The van der Waals surface area contributed by atoms with Gasteiger partial charge in [-0.05, 0) is 44.5 Å². The first-order valence-corrected chi connectivity index (χ1v) is 8.24. The first-order chi connectivity index (χ1) is 10.3. The van der Waals surface area contributed by atoms with Crippen LogP contribution in [0.4, 0.5) is 8.78 Å². The molecule has 0 atom stereocenters. The van der Waals surface area contributed by atoms with E-state index in [0.717, 1.165) is 23.5 Å². The molecule has 0 spiro atoms. The van der Waals surface area contributed by atoms with Crippen molar-refractivity contribution in [3.05, 3.63) is 47.3 Å². The number of halogens is 2. The number of hydrogen-bond acceptors (Lipinski definition) is 3. The van der Waals surface area contributed by atoms with E-state index in [1.54, 1.807) is 4.68 Å². The van der Waals surface area contributed by atoms with E-state index in [4.69, 9.17) is 0 Å². The second-order valence-electron chi connectivity index (χ2n) is 4.98. The van der Waals surface area contributed by atoms with E-state index >= 15 is 0 Å². The summed E-state index contributed by atoms with van der Waals surface area (Å²) >= 11 is 0. The Bertz CT molecular complexity index is 772. The topological polar surface area (TPSA) is 64.0 Å². The predicted octanol–water partition coefficient (Wildman–Crippen LogP) is 2.15. The predicted molar refractivity (Wildman–Crippen MR) is 77.9 cm³/mol. The SMILES string of the molecule is Cc1cc(C)n(CCCNS(=O)(=O)c2cc(F)ccc2F)n1. The van der Waals surface area contributed by atoms with Crippen molar-refractivity contribution in [3.8, 4) is 0 Å². The fourth-order valence-electron chi connectivity index (χ4n) is 2.10. The Morgan fingerprint density at radius 3 is 2.59 bits per heavy atom. The Kier molecular flexibility index (Phi) is 4.92. The van der Waals surface area contributed by atoms with Gasteiger partial charge in [-0.3, -0.25) is 4.68 Å². The molecule has 0 aliphatic carbocycles. The highest BCUT2D eigenvalue weighted by atomic mass is 32.2. The average molecular weight is 329 g/mol. The third-order valence-corrected chi connectivity index (χ3v) is 4.60. The lowest BCUT2D eigenvalue weighted by Gasteiger charge is -2.08. The van der Waals surface area contributed by atoms with Crippen molar-refractivity contribution in [2.24, 2.45) is 0 Å². The van der Waals surface area contributed by atoms with Crippen molar-refractivity contribution in [2.75, 3.05) is 6.54 Å². The molecule has 8 heteroatoms. The Hall–Kier alpha value is -1.80. The lowest BCUT2D eigenvalue weighted by molar-refractivity contribution is 0.531. The summed E-state index contributed by atoms with van der Waals surface area (Å²) in [4.78, 5) is -0.682. The molecule has 0 amide bonds. The largest absolute Gasteiger partial charge is 0.270 e. The fraction of sp³-hybridized carbons (Fsp3) is 0.357. The van der Waals surface area contributed by atoms with Gasteiger partial charge in [0.2, 0.25) is 10.0 Å². The van der Waals surface area contributed by atoms with Gasteiger partial charge in [-0.25, -0.2) is 21.9 Å². The van der Waals surface area contributed by atoms with Gasteiger partial charge < -0.3 is 0 Å². The minimum Gasteiger partial charge on any atom is -0.270 e. The highest BCUT2D eigenvalue weighted by Crippen LogP contribution is 2.15. The van der Waals surface area contributed by atoms with Crippen LogP contribution in [-0.4, -0.2) is 24.7 Å². The number of hydrogen-bond donors (Lipinski definition) is 1. The Labute approximate surface area is 128 Å². The molecular weight excluding hydrogens is 312 g/mol. The molecule has 22 heavy (non-hydrogen) atoms. The molecule has 1 heterocycles. The van der Waals surface area contributed by atoms with Gasteiger partial charge in [-0.15, -0.1) is 0 Å². The number of aryl methyl sites for hydroxylation is 3. The van der Waals surface area contributed by atoms with Gasteiger partial charge in [-0.1, -0.05) is 0 Å². The summed E-state index contributed by atoms with van der Waals surface area (Å²) < 4.78 is 54.5. The first kappa shape index (κ1) is 16.6. The smallest absolute Gasteiger partial charge is 0.243 e. The molecule has 2 aromatic rings. The number of sulfonamides is 1. The summed E-state index contributed by atoms with van der Waals surface area (Å²) in [5, 5.41) is 4.26. The molecule has 2 rings (SSSR count). The highest BCUT2D eigenvalue weighted by molar-refractivity contribution is 7.89. The number of rotatable bonds is 6. The minimum atomic E-state index is -4.07. The molecular formula is C14H17F2N3O2S. The van der Waals surface area contributed by atoms with Crippen molar-refractivity contribution in [1.29, 1.82) is 0 Å². The maximum Gasteiger partial charge on any atom is 0.243 e. The molecule has 120 valence electrons. The molecule has 0 aliphatic rings. The summed E-state index contributed by atoms with van der Waals surface area (Å²) in [6, 6.07) is 4.25. The van der Waals surface area contributed by atoms with E-state index in [-0.39, 0.29) is 6.54 Å². The van der Waals surface area contributed by atoms with Crippen LogP contribution in [0.2, 0.25) is 0 Å². The van der Waals surface area contributed by atoms with Crippen LogP contribution < -0.4 is 4.72 Å². The van der Waals surface area contributed by atoms with Crippen LogP contribution in [-0.2, 0) is 16.6 Å².